The molecule has 0 bridgehead atoms. The first kappa shape index (κ1) is 16.7. The average molecular weight is 291 g/mol. The number of hydrogen-bond donors (Lipinski definition) is 2. The largest absolute Gasteiger partial charge is 0.491 e. The quantitative estimate of drug-likeness (QED) is 0.489. The smallest absolute Gasteiger partial charge is 0.329 e. The minimum absolute atomic E-state index is 0.0965. The molecule has 1 rings (SSSR count). The molecule has 6 heteroatoms. The third kappa shape index (κ3) is 6.56. The summed E-state index contributed by atoms with van der Waals surface area (Å²) in [5, 5.41) is 6.21. The molecule has 0 saturated carbocycles. The highest BCUT2D eigenvalue weighted by Gasteiger charge is 2.12. The average Bonchev–Trinajstić information content (AvgIpc) is 2.39. The molecule has 0 heterocycles. The van der Waals surface area contributed by atoms with Gasteiger partial charge < -0.3 is 10.1 Å². The summed E-state index contributed by atoms with van der Waals surface area (Å²) < 4.78 is 5.51. The van der Waals surface area contributed by atoms with E-state index in [0.717, 1.165) is 11.3 Å². The van der Waals surface area contributed by atoms with Crippen molar-refractivity contribution < 1.29 is 14.3 Å². The fourth-order valence-electron chi connectivity index (χ4n) is 1.45. The first-order chi connectivity index (χ1) is 9.88. The zero-order valence-electron chi connectivity index (χ0n) is 12.7. The molecule has 0 radical (unpaired) electrons. The van der Waals surface area contributed by atoms with E-state index >= 15 is 0 Å². The van der Waals surface area contributed by atoms with Gasteiger partial charge in [0, 0.05) is 6.04 Å². The number of nitrogens with one attached hydrogen (secondary N) is 2. The number of rotatable bonds is 5. The van der Waals surface area contributed by atoms with Crippen molar-refractivity contribution in [2.45, 2.75) is 39.8 Å². The molecule has 114 valence electrons. The minimum atomic E-state index is -0.792. The molecular weight excluding hydrogens is 270 g/mol. The van der Waals surface area contributed by atoms with Gasteiger partial charge in [0.05, 0.1) is 12.3 Å². The second-order valence-corrected chi connectivity index (χ2v) is 5.06. The summed E-state index contributed by atoms with van der Waals surface area (Å²) in [4.78, 5) is 22.7. The van der Waals surface area contributed by atoms with E-state index in [0.29, 0.717) is 0 Å². The molecule has 1 aromatic carbocycles. The van der Waals surface area contributed by atoms with Gasteiger partial charge >= 0.3 is 11.8 Å². The zero-order chi connectivity index (χ0) is 15.8. The van der Waals surface area contributed by atoms with Crippen LogP contribution in [-0.4, -0.2) is 30.2 Å². The molecule has 0 aliphatic heterocycles. The van der Waals surface area contributed by atoms with E-state index in [1.807, 2.05) is 38.1 Å². The summed E-state index contributed by atoms with van der Waals surface area (Å²) in [6.07, 6.45) is 1.57. The van der Waals surface area contributed by atoms with Gasteiger partial charge in [0.15, 0.2) is 0 Å². The Bertz CT molecular complexity index is 507. The lowest BCUT2D eigenvalue weighted by Crippen LogP contribution is -2.41. The van der Waals surface area contributed by atoms with Gasteiger partial charge in [-0.15, -0.1) is 0 Å². The number of carbonyl (C=O) groups excluding carboxylic acids is 2. The molecule has 1 aromatic rings. The Balaban J connectivity index is 2.49. The molecule has 0 aliphatic carbocycles. The van der Waals surface area contributed by atoms with Gasteiger partial charge in [-0.1, -0.05) is 0 Å². The van der Waals surface area contributed by atoms with Crippen LogP contribution in [0.3, 0.4) is 0 Å². The number of hydrazone groups is 1. The van der Waals surface area contributed by atoms with Crippen LogP contribution in [0.15, 0.2) is 29.4 Å². The lowest BCUT2D eigenvalue weighted by molar-refractivity contribution is -0.139. The fraction of sp³-hybridized carbons (Fsp3) is 0.400. The maximum atomic E-state index is 11.4. The van der Waals surface area contributed by atoms with Crippen LogP contribution in [0, 0.1) is 0 Å². The van der Waals surface area contributed by atoms with E-state index in [2.05, 4.69) is 15.8 Å². The first-order valence-corrected chi connectivity index (χ1v) is 6.79. The molecule has 6 nitrogen and oxygen atoms in total. The molecule has 2 N–H and O–H groups in total. The molecule has 0 spiro atoms. The number of hydrogen-bond acceptors (Lipinski definition) is 4. The van der Waals surface area contributed by atoms with Crippen molar-refractivity contribution in [2.75, 3.05) is 0 Å². The van der Waals surface area contributed by atoms with Gasteiger partial charge in [-0.25, -0.2) is 5.43 Å². The molecular formula is C15H21N3O3. The fourth-order valence-corrected chi connectivity index (χ4v) is 1.45. The second kappa shape index (κ2) is 8.04. The lowest BCUT2D eigenvalue weighted by atomic mass is 10.2. The van der Waals surface area contributed by atoms with Gasteiger partial charge in [-0.2, -0.15) is 5.10 Å². The second-order valence-electron chi connectivity index (χ2n) is 5.06. The third-order valence-corrected chi connectivity index (χ3v) is 2.26. The topological polar surface area (TPSA) is 79.8 Å². The Morgan fingerprint density at radius 3 is 2.24 bits per heavy atom. The normalized spacial score (nSPS) is 11.0. The standard InChI is InChI=1S/C15H21N3O3/c1-10(2)17-14(19)15(20)18-16-9-12-5-7-13(8-6-12)21-11(3)4/h5-11H,1-4H3,(H,17,19)(H,18,20). The summed E-state index contributed by atoms with van der Waals surface area (Å²) in [5.41, 5.74) is 2.96. The molecule has 0 aliphatic rings. The van der Waals surface area contributed by atoms with Crippen molar-refractivity contribution in [1.82, 2.24) is 10.7 Å². The van der Waals surface area contributed by atoms with Crippen molar-refractivity contribution in [2.24, 2.45) is 5.10 Å². The third-order valence-electron chi connectivity index (χ3n) is 2.26. The van der Waals surface area contributed by atoms with Crippen LogP contribution < -0.4 is 15.5 Å². The highest BCUT2D eigenvalue weighted by molar-refractivity contribution is 6.35. The molecule has 2 amide bonds. The van der Waals surface area contributed by atoms with Gasteiger partial charge in [0.2, 0.25) is 0 Å². The van der Waals surface area contributed by atoms with E-state index in [1.165, 1.54) is 6.21 Å². The monoisotopic (exact) mass is 291 g/mol. The van der Waals surface area contributed by atoms with Gasteiger partial charge in [0.1, 0.15) is 5.75 Å². The highest BCUT2D eigenvalue weighted by atomic mass is 16.5. The molecule has 0 atom stereocenters. The van der Waals surface area contributed by atoms with Crippen molar-refractivity contribution >= 4 is 18.0 Å². The van der Waals surface area contributed by atoms with Gasteiger partial charge in [-0.05, 0) is 57.5 Å². The Labute approximate surface area is 124 Å². The minimum Gasteiger partial charge on any atom is -0.491 e. The summed E-state index contributed by atoms with van der Waals surface area (Å²) in [6.45, 7) is 7.45. The highest BCUT2D eigenvalue weighted by Crippen LogP contribution is 2.12. The number of amides is 2. The molecule has 0 saturated heterocycles. The summed E-state index contributed by atoms with van der Waals surface area (Å²) in [7, 11) is 0. The van der Waals surface area contributed by atoms with Crippen LogP contribution in [0.5, 0.6) is 5.75 Å². The maximum Gasteiger partial charge on any atom is 0.329 e. The van der Waals surface area contributed by atoms with Crippen LogP contribution in [0.4, 0.5) is 0 Å². The van der Waals surface area contributed by atoms with Crippen LogP contribution in [0.25, 0.3) is 0 Å². The molecule has 0 aromatic heterocycles. The lowest BCUT2D eigenvalue weighted by Gasteiger charge is -2.09. The van der Waals surface area contributed by atoms with Crippen molar-refractivity contribution in [3.8, 4) is 5.75 Å². The predicted molar refractivity (Wildman–Crippen MR) is 81.2 cm³/mol. The van der Waals surface area contributed by atoms with Crippen molar-refractivity contribution in [3.05, 3.63) is 29.8 Å². The van der Waals surface area contributed by atoms with E-state index in [4.69, 9.17) is 4.74 Å². The molecule has 0 unspecified atom stereocenters. The maximum absolute atomic E-state index is 11.4. The van der Waals surface area contributed by atoms with Crippen LogP contribution in [0.1, 0.15) is 33.3 Å². The number of nitrogens with zero attached hydrogens (tertiary/aromatic N) is 1. The van der Waals surface area contributed by atoms with Crippen LogP contribution in [0.2, 0.25) is 0 Å². The van der Waals surface area contributed by atoms with Crippen molar-refractivity contribution in [1.29, 1.82) is 0 Å². The van der Waals surface area contributed by atoms with Gasteiger partial charge in [-0.3, -0.25) is 9.59 Å². The first-order valence-electron chi connectivity index (χ1n) is 6.79. The Morgan fingerprint density at radius 2 is 1.71 bits per heavy atom. The number of carbonyl (C=O) groups is 2. The van der Waals surface area contributed by atoms with Crippen LogP contribution in [-0.2, 0) is 9.59 Å². The number of ether oxygens (including phenoxy) is 1. The number of benzene rings is 1. The Morgan fingerprint density at radius 1 is 1.10 bits per heavy atom. The van der Waals surface area contributed by atoms with E-state index in [9.17, 15) is 9.59 Å². The van der Waals surface area contributed by atoms with Gasteiger partial charge in [0.25, 0.3) is 0 Å². The summed E-state index contributed by atoms with van der Waals surface area (Å²) in [6, 6.07) is 7.15. The molecule has 0 fully saturated rings. The zero-order valence-corrected chi connectivity index (χ0v) is 12.7. The van der Waals surface area contributed by atoms with E-state index < -0.39 is 11.8 Å². The van der Waals surface area contributed by atoms with Crippen LogP contribution >= 0.6 is 0 Å². The Hall–Kier alpha value is -2.37. The van der Waals surface area contributed by atoms with E-state index in [-0.39, 0.29) is 12.1 Å². The predicted octanol–water partition coefficient (Wildman–Crippen LogP) is 1.45. The SMILES string of the molecule is CC(C)NC(=O)C(=O)NN=Cc1ccc(OC(C)C)cc1. The summed E-state index contributed by atoms with van der Waals surface area (Å²) >= 11 is 0. The van der Waals surface area contributed by atoms with Crippen molar-refractivity contribution in [3.63, 3.8) is 0 Å². The van der Waals surface area contributed by atoms with E-state index in [1.54, 1.807) is 13.8 Å². The Kier molecular flexibility index (Phi) is 6.39. The molecule has 21 heavy (non-hydrogen) atoms. The summed E-state index contributed by atoms with van der Waals surface area (Å²) in [5.74, 6) is -0.731.